The molecule has 1 aliphatic rings. The van der Waals surface area contributed by atoms with Crippen LogP contribution in [-0.2, 0) is 0 Å². The van der Waals surface area contributed by atoms with Gasteiger partial charge < -0.3 is 10.6 Å². The Morgan fingerprint density at radius 1 is 0.917 bits per heavy atom. The Labute approximate surface area is 217 Å². The first-order chi connectivity index (χ1) is 16.7. The molecule has 3 rings (SSSR count). The van der Waals surface area contributed by atoms with Crippen molar-refractivity contribution in [2.45, 2.75) is 46.1 Å². The Morgan fingerprint density at radius 2 is 1.42 bits per heavy atom. The smallest absolute Gasteiger partial charge is 0.270 e. The lowest BCUT2D eigenvalue weighted by Gasteiger charge is -2.47. The third-order valence-electron chi connectivity index (χ3n) is 6.27. The van der Waals surface area contributed by atoms with E-state index in [-0.39, 0.29) is 49.4 Å². The molecule has 192 valence electrons. The van der Waals surface area contributed by atoms with Crippen LogP contribution >= 0.6 is 23.2 Å². The van der Waals surface area contributed by atoms with E-state index in [1.807, 2.05) is 6.92 Å². The highest BCUT2D eigenvalue weighted by atomic mass is 35.5. The maximum absolute atomic E-state index is 12.9. The first-order valence-corrected chi connectivity index (χ1v) is 11.9. The van der Waals surface area contributed by atoms with E-state index in [4.69, 9.17) is 23.2 Å². The molecule has 2 aromatic rings. The van der Waals surface area contributed by atoms with Gasteiger partial charge in [-0.05, 0) is 42.2 Å². The standard InChI is InChI=1S/C24H26Cl2N4O6/c1-23(2)10-14(28-22(32)18-7-5-16(30(35)36)9-20(18)26)11-24(3,12-23)13-27-21(31)17-6-4-15(29(33)34)8-19(17)25/h4-9,14H,10-13H2,1-3H3,(H,27,31)(H,28,32). The molecular formula is C24H26Cl2N4O6. The Kier molecular flexibility index (Phi) is 7.90. The molecule has 1 saturated carbocycles. The molecule has 0 aliphatic heterocycles. The van der Waals surface area contributed by atoms with Gasteiger partial charge in [-0.15, -0.1) is 0 Å². The van der Waals surface area contributed by atoms with Crippen molar-refractivity contribution in [1.82, 2.24) is 10.6 Å². The number of non-ortho nitro benzene ring substituents is 2. The van der Waals surface area contributed by atoms with Gasteiger partial charge in [0.05, 0.1) is 31.0 Å². The number of carbonyl (C=O) groups is 2. The van der Waals surface area contributed by atoms with Crippen molar-refractivity contribution in [2.24, 2.45) is 10.8 Å². The minimum Gasteiger partial charge on any atom is -0.351 e. The van der Waals surface area contributed by atoms with Crippen molar-refractivity contribution < 1.29 is 19.4 Å². The van der Waals surface area contributed by atoms with Gasteiger partial charge in [0.25, 0.3) is 23.2 Å². The van der Waals surface area contributed by atoms with E-state index < -0.39 is 21.7 Å². The van der Waals surface area contributed by atoms with E-state index >= 15 is 0 Å². The van der Waals surface area contributed by atoms with Crippen molar-refractivity contribution in [3.63, 3.8) is 0 Å². The van der Waals surface area contributed by atoms with E-state index in [9.17, 15) is 29.8 Å². The van der Waals surface area contributed by atoms with Crippen LogP contribution in [0, 0.1) is 31.1 Å². The summed E-state index contributed by atoms with van der Waals surface area (Å²) in [6.45, 7) is 6.48. The third kappa shape index (κ3) is 6.50. The fraction of sp³-hybridized carbons (Fsp3) is 0.417. The molecule has 2 amide bonds. The predicted octanol–water partition coefficient (Wildman–Crippen LogP) is 5.55. The van der Waals surface area contributed by atoms with Crippen LogP contribution in [0.3, 0.4) is 0 Å². The van der Waals surface area contributed by atoms with Crippen LogP contribution in [-0.4, -0.2) is 34.2 Å². The van der Waals surface area contributed by atoms with Gasteiger partial charge in [0.15, 0.2) is 0 Å². The monoisotopic (exact) mass is 536 g/mol. The maximum atomic E-state index is 12.9. The largest absolute Gasteiger partial charge is 0.351 e. The van der Waals surface area contributed by atoms with Crippen LogP contribution in [0.5, 0.6) is 0 Å². The number of nitrogens with zero attached hydrogens (tertiary/aromatic N) is 2. The fourth-order valence-electron chi connectivity index (χ4n) is 5.13. The number of benzene rings is 2. The molecule has 2 aromatic carbocycles. The molecule has 1 aliphatic carbocycles. The van der Waals surface area contributed by atoms with Crippen LogP contribution < -0.4 is 10.6 Å². The number of nitrogens with one attached hydrogen (secondary N) is 2. The zero-order chi connectivity index (χ0) is 26.8. The average Bonchev–Trinajstić information content (AvgIpc) is 2.75. The molecule has 0 radical (unpaired) electrons. The van der Waals surface area contributed by atoms with Crippen molar-refractivity contribution in [2.75, 3.05) is 6.54 Å². The summed E-state index contributed by atoms with van der Waals surface area (Å²) in [6, 6.07) is 7.16. The molecule has 1 fully saturated rings. The highest BCUT2D eigenvalue weighted by molar-refractivity contribution is 6.34. The lowest BCUT2D eigenvalue weighted by Crippen LogP contribution is -2.50. The van der Waals surface area contributed by atoms with E-state index in [1.165, 1.54) is 24.3 Å². The van der Waals surface area contributed by atoms with E-state index in [2.05, 4.69) is 24.5 Å². The second-order valence-corrected chi connectivity index (χ2v) is 11.1. The summed E-state index contributed by atoms with van der Waals surface area (Å²) in [5, 5.41) is 27.7. The van der Waals surface area contributed by atoms with Crippen molar-refractivity contribution >= 4 is 46.4 Å². The lowest BCUT2D eigenvalue weighted by atomic mass is 9.62. The second kappa shape index (κ2) is 10.4. The summed E-state index contributed by atoms with van der Waals surface area (Å²) < 4.78 is 0. The topological polar surface area (TPSA) is 144 Å². The maximum Gasteiger partial charge on any atom is 0.270 e. The lowest BCUT2D eigenvalue weighted by molar-refractivity contribution is -0.385. The second-order valence-electron chi connectivity index (χ2n) is 10.3. The fourth-order valence-corrected chi connectivity index (χ4v) is 5.65. The molecule has 0 bridgehead atoms. The highest BCUT2D eigenvalue weighted by Crippen LogP contribution is 2.46. The molecule has 12 heteroatoms. The van der Waals surface area contributed by atoms with Crippen molar-refractivity contribution in [3.05, 3.63) is 77.8 Å². The number of hydrogen-bond acceptors (Lipinski definition) is 6. The van der Waals surface area contributed by atoms with Gasteiger partial charge in [0.2, 0.25) is 0 Å². The van der Waals surface area contributed by atoms with Crippen LogP contribution in [0.4, 0.5) is 11.4 Å². The number of nitro groups is 2. The molecule has 0 spiro atoms. The predicted molar refractivity (Wildman–Crippen MR) is 136 cm³/mol. The van der Waals surface area contributed by atoms with Crippen LogP contribution in [0.1, 0.15) is 60.7 Å². The van der Waals surface area contributed by atoms with Gasteiger partial charge in [-0.25, -0.2) is 0 Å². The summed E-state index contributed by atoms with van der Waals surface area (Å²) in [4.78, 5) is 46.3. The van der Waals surface area contributed by atoms with Gasteiger partial charge in [0.1, 0.15) is 0 Å². The molecule has 36 heavy (non-hydrogen) atoms. The normalized spacial score (nSPS) is 20.9. The molecule has 2 N–H and O–H groups in total. The minimum atomic E-state index is -0.586. The molecular weight excluding hydrogens is 511 g/mol. The SMILES string of the molecule is CC1(C)CC(NC(=O)c2ccc([N+](=O)[O-])cc2Cl)CC(C)(CNC(=O)c2ccc([N+](=O)[O-])cc2Cl)C1. The Hall–Kier alpha value is -3.24. The van der Waals surface area contributed by atoms with Gasteiger partial charge in [-0.1, -0.05) is 44.0 Å². The number of amides is 2. The number of halogens is 2. The van der Waals surface area contributed by atoms with E-state index in [0.717, 1.165) is 18.6 Å². The third-order valence-corrected chi connectivity index (χ3v) is 6.90. The summed E-state index contributed by atoms with van der Waals surface area (Å²) >= 11 is 12.2. The number of rotatable bonds is 7. The van der Waals surface area contributed by atoms with Crippen molar-refractivity contribution in [3.8, 4) is 0 Å². The Bertz CT molecular complexity index is 1240. The van der Waals surface area contributed by atoms with Gasteiger partial charge in [-0.2, -0.15) is 0 Å². The van der Waals surface area contributed by atoms with Gasteiger partial charge in [0, 0.05) is 36.9 Å². The van der Waals surface area contributed by atoms with Gasteiger partial charge >= 0.3 is 0 Å². The minimum absolute atomic E-state index is 0.00762. The van der Waals surface area contributed by atoms with Crippen LogP contribution in [0.25, 0.3) is 0 Å². The number of carbonyl (C=O) groups excluding carboxylic acids is 2. The molecule has 0 heterocycles. The quantitative estimate of drug-likeness (QED) is 0.350. The zero-order valence-electron chi connectivity index (χ0n) is 20.0. The first kappa shape index (κ1) is 27.3. The first-order valence-electron chi connectivity index (χ1n) is 11.2. The highest BCUT2D eigenvalue weighted by Gasteiger charge is 2.42. The van der Waals surface area contributed by atoms with Crippen molar-refractivity contribution in [1.29, 1.82) is 0 Å². The molecule has 10 nitrogen and oxygen atoms in total. The Balaban J connectivity index is 1.70. The summed E-state index contributed by atoms with van der Waals surface area (Å²) in [5.74, 6) is -0.876. The number of hydrogen-bond donors (Lipinski definition) is 2. The molecule has 0 saturated heterocycles. The summed E-state index contributed by atoms with van der Waals surface area (Å²) in [5.41, 5.74) is -0.648. The molecule has 2 unspecified atom stereocenters. The number of nitro benzene ring substituents is 2. The average molecular weight is 537 g/mol. The molecule has 0 aromatic heterocycles. The van der Waals surface area contributed by atoms with E-state index in [1.54, 1.807) is 0 Å². The zero-order valence-corrected chi connectivity index (χ0v) is 21.5. The van der Waals surface area contributed by atoms with Gasteiger partial charge in [-0.3, -0.25) is 29.8 Å². The summed E-state index contributed by atoms with van der Waals surface area (Å²) in [7, 11) is 0. The molecule has 2 atom stereocenters. The van der Waals surface area contributed by atoms with Crippen LogP contribution in [0.2, 0.25) is 10.0 Å². The van der Waals surface area contributed by atoms with E-state index in [0.29, 0.717) is 19.4 Å². The Morgan fingerprint density at radius 3 is 1.89 bits per heavy atom. The summed E-state index contributed by atoms with van der Waals surface area (Å²) in [6.07, 6.45) is 2.04. The van der Waals surface area contributed by atoms with Crippen LogP contribution in [0.15, 0.2) is 36.4 Å².